The average Bonchev–Trinajstić information content (AvgIpc) is 3.09. The van der Waals surface area contributed by atoms with E-state index in [1.807, 2.05) is 140 Å². The fraction of sp³-hybridized carbons (Fsp3) is 0.0769. The largest absolute Gasteiger partial charge is 0.322 e. The monoisotopic (exact) mass is 594 g/mol. The quantitative estimate of drug-likeness (QED) is 0.167. The standard InChI is InChI=1S/C39H34N2O2S/c40-38(32-22-12-4-13-23-32)39(33-24-14-5-15-25-33)41-44(42,43)28-37-35(30-18-8-2-9-19-30)26-34(29-16-6-1-7-17-29)27-36(37)31-20-10-3-11-21-31/h1-27,38-39,41H,28,40H2. The molecule has 4 nitrogen and oxygen atoms in total. The molecule has 6 aromatic carbocycles. The summed E-state index contributed by atoms with van der Waals surface area (Å²) < 4.78 is 31.6. The predicted molar refractivity (Wildman–Crippen MR) is 181 cm³/mol. The molecule has 5 heteroatoms. The number of rotatable bonds is 10. The Bertz CT molecular complexity index is 1850. The molecule has 0 aliphatic carbocycles. The lowest BCUT2D eigenvalue weighted by molar-refractivity contribution is 0.503. The lowest BCUT2D eigenvalue weighted by Crippen LogP contribution is -2.36. The van der Waals surface area contributed by atoms with E-state index in [-0.39, 0.29) is 5.75 Å². The Morgan fingerprint density at radius 2 is 0.886 bits per heavy atom. The van der Waals surface area contributed by atoms with Crippen molar-refractivity contribution in [1.82, 2.24) is 4.72 Å². The molecular weight excluding hydrogens is 561 g/mol. The molecule has 0 aromatic heterocycles. The molecule has 3 N–H and O–H groups in total. The van der Waals surface area contributed by atoms with E-state index >= 15 is 0 Å². The third kappa shape index (κ3) is 6.71. The molecule has 0 aliphatic heterocycles. The SMILES string of the molecule is NC(c1ccccc1)C(NS(=O)(=O)Cc1c(-c2ccccc2)cc(-c2ccccc2)cc1-c1ccccc1)c1ccccc1. The fourth-order valence-electron chi connectivity index (χ4n) is 5.68. The molecule has 0 heterocycles. The summed E-state index contributed by atoms with van der Waals surface area (Å²) >= 11 is 0. The van der Waals surface area contributed by atoms with Crippen molar-refractivity contribution < 1.29 is 8.42 Å². The van der Waals surface area contributed by atoms with Gasteiger partial charge in [0.05, 0.1) is 17.8 Å². The predicted octanol–water partition coefficient (Wildman–Crippen LogP) is 8.55. The maximum absolute atomic E-state index is 14.3. The summed E-state index contributed by atoms with van der Waals surface area (Å²) in [7, 11) is -3.90. The molecule has 0 aliphatic rings. The Morgan fingerprint density at radius 3 is 1.34 bits per heavy atom. The number of hydrogen-bond donors (Lipinski definition) is 2. The Balaban J connectivity index is 1.48. The number of benzene rings is 6. The Kier molecular flexibility index (Phi) is 8.80. The van der Waals surface area contributed by atoms with Gasteiger partial charge in [-0.3, -0.25) is 0 Å². The summed E-state index contributed by atoms with van der Waals surface area (Å²) in [5, 5.41) is 0. The molecule has 44 heavy (non-hydrogen) atoms. The van der Waals surface area contributed by atoms with Crippen LogP contribution in [0.25, 0.3) is 33.4 Å². The summed E-state index contributed by atoms with van der Waals surface area (Å²) in [5.74, 6) is -0.221. The van der Waals surface area contributed by atoms with E-state index in [0.29, 0.717) is 0 Å². The van der Waals surface area contributed by atoms with Crippen LogP contribution in [0.1, 0.15) is 28.8 Å². The van der Waals surface area contributed by atoms with E-state index in [4.69, 9.17) is 5.73 Å². The molecule has 0 spiro atoms. The molecule has 0 fully saturated rings. The summed E-state index contributed by atoms with van der Waals surface area (Å²) in [5.41, 5.74) is 14.9. The normalized spacial score (nSPS) is 12.8. The zero-order valence-electron chi connectivity index (χ0n) is 24.3. The lowest BCUT2D eigenvalue weighted by Gasteiger charge is -2.27. The maximum atomic E-state index is 14.3. The van der Waals surface area contributed by atoms with Crippen molar-refractivity contribution in [3.63, 3.8) is 0 Å². The molecule has 218 valence electrons. The molecule has 6 rings (SSSR count). The second-order valence-corrected chi connectivity index (χ2v) is 12.6. The molecule has 6 aromatic rings. The van der Waals surface area contributed by atoms with E-state index in [1.165, 1.54) is 0 Å². The van der Waals surface area contributed by atoms with Crippen LogP contribution in [0.3, 0.4) is 0 Å². The second kappa shape index (κ2) is 13.2. The van der Waals surface area contributed by atoms with Crippen LogP contribution < -0.4 is 10.5 Å². The summed E-state index contributed by atoms with van der Waals surface area (Å²) in [6.45, 7) is 0. The lowest BCUT2D eigenvalue weighted by atomic mass is 9.88. The van der Waals surface area contributed by atoms with Crippen LogP contribution in [0.4, 0.5) is 0 Å². The fourth-order valence-corrected chi connectivity index (χ4v) is 7.12. The highest BCUT2D eigenvalue weighted by Crippen LogP contribution is 2.39. The van der Waals surface area contributed by atoms with Crippen molar-refractivity contribution >= 4 is 10.0 Å². The van der Waals surface area contributed by atoms with Gasteiger partial charge in [0.2, 0.25) is 10.0 Å². The Morgan fingerprint density at radius 1 is 0.500 bits per heavy atom. The molecule has 0 bridgehead atoms. The Labute approximate surface area is 259 Å². The van der Waals surface area contributed by atoms with Crippen molar-refractivity contribution in [2.24, 2.45) is 5.73 Å². The van der Waals surface area contributed by atoms with Crippen LogP contribution in [-0.2, 0) is 15.8 Å². The second-order valence-electron chi connectivity index (χ2n) is 10.8. The molecule has 0 radical (unpaired) electrons. The smallest absolute Gasteiger partial charge is 0.216 e. The average molecular weight is 595 g/mol. The number of sulfonamides is 1. The van der Waals surface area contributed by atoms with Gasteiger partial charge in [-0.2, -0.15) is 0 Å². The van der Waals surface area contributed by atoms with Crippen LogP contribution in [0.15, 0.2) is 164 Å². The molecule has 0 amide bonds. The molecular formula is C39H34N2O2S. The van der Waals surface area contributed by atoms with Gasteiger partial charge in [-0.25, -0.2) is 13.1 Å². The molecule has 0 saturated heterocycles. The first kappa shape index (κ1) is 29.3. The van der Waals surface area contributed by atoms with Gasteiger partial charge in [0.1, 0.15) is 0 Å². The van der Waals surface area contributed by atoms with E-state index in [2.05, 4.69) is 29.0 Å². The molecule has 0 saturated carbocycles. The summed E-state index contributed by atoms with van der Waals surface area (Å²) in [6.07, 6.45) is 0. The maximum Gasteiger partial charge on any atom is 0.216 e. The van der Waals surface area contributed by atoms with Crippen molar-refractivity contribution in [3.8, 4) is 33.4 Å². The number of nitrogens with one attached hydrogen (secondary N) is 1. The van der Waals surface area contributed by atoms with Crippen molar-refractivity contribution in [2.45, 2.75) is 17.8 Å². The van der Waals surface area contributed by atoms with Crippen LogP contribution in [0, 0.1) is 0 Å². The highest BCUT2D eigenvalue weighted by molar-refractivity contribution is 7.88. The number of nitrogens with two attached hydrogens (primary N) is 1. The molecule has 2 atom stereocenters. The van der Waals surface area contributed by atoms with Crippen LogP contribution in [0.5, 0.6) is 0 Å². The van der Waals surface area contributed by atoms with Gasteiger partial charge < -0.3 is 5.73 Å². The van der Waals surface area contributed by atoms with E-state index in [9.17, 15) is 8.42 Å². The zero-order chi connectivity index (χ0) is 30.4. The minimum atomic E-state index is -3.90. The van der Waals surface area contributed by atoms with Crippen molar-refractivity contribution in [1.29, 1.82) is 0 Å². The van der Waals surface area contributed by atoms with Gasteiger partial charge >= 0.3 is 0 Å². The Hall–Kier alpha value is -4.81. The van der Waals surface area contributed by atoms with Crippen LogP contribution in [0.2, 0.25) is 0 Å². The van der Waals surface area contributed by atoms with Gasteiger partial charge in [-0.15, -0.1) is 0 Å². The zero-order valence-corrected chi connectivity index (χ0v) is 25.1. The highest BCUT2D eigenvalue weighted by atomic mass is 32.2. The van der Waals surface area contributed by atoms with E-state index < -0.39 is 22.1 Å². The minimum Gasteiger partial charge on any atom is -0.322 e. The summed E-state index contributed by atoms with van der Waals surface area (Å²) in [6, 6.07) is 52.3. The number of hydrogen-bond acceptors (Lipinski definition) is 3. The van der Waals surface area contributed by atoms with Crippen LogP contribution >= 0.6 is 0 Å². The van der Waals surface area contributed by atoms with Crippen molar-refractivity contribution in [2.75, 3.05) is 0 Å². The van der Waals surface area contributed by atoms with Gasteiger partial charge in [-0.05, 0) is 62.2 Å². The first-order valence-electron chi connectivity index (χ1n) is 14.7. The third-order valence-corrected chi connectivity index (χ3v) is 9.15. The van der Waals surface area contributed by atoms with Crippen LogP contribution in [-0.4, -0.2) is 8.42 Å². The molecule has 2 unspecified atom stereocenters. The van der Waals surface area contributed by atoms with Gasteiger partial charge in [0.15, 0.2) is 0 Å². The first-order valence-corrected chi connectivity index (χ1v) is 16.3. The minimum absolute atomic E-state index is 0.221. The highest BCUT2D eigenvalue weighted by Gasteiger charge is 2.28. The van der Waals surface area contributed by atoms with E-state index in [0.717, 1.165) is 50.1 Å². The topological polar surface area (TPSA) is 72.2 Å². The van der Waals surface area contributed by atoms with Gasteiger partial charge in [0, 0.05) is 0 Å². The third-order valence-electron chi connectivity index (χ3n) is 7.87. The first-order chi connectivity index (χ1) is 21.5. The van der Waals surface area contributed by atoms with Gasteiger partial charge in [0.25, 0.3) is 0 Å². The summed E-state index contributed by atoms with van der Waals surface area (Å²) in [4.78, 5) is 0. The van der Waals surface area contributed by atoms with Gasteiger partial charge in [-0.1, -0.05) is 152 Å². The van der Waals surface area contributed by atoms with E-state index in [1.54, 1.807) is 0 Å². The van der Waals surface area contributed by atoms with Crippen molar-refractivity contribution in [3.05, 3.63) is 180 Å².